The van der Waals surface area contributed by atoms with E-state index >= 15 is 0 Å². The number of alkyl halides is 3. The van der Waals surface area contributed by atoms with Crippen LogP contribution in [0.4, 0.5) is 13.2 Å². The molecule has 0 saturated carbocycles. The molecule has 0 spiro atoms. The zero-order valence-corrected chi connectivity index (χ0v) is 12.9. The molecule has 0 aromatic heterocycles. The van der Waals surface area contributed by atoms with Crippen LogP contribution in [0, 0.1) is 0 Å². The number of carbonyl (C=O) groups excluding carboxylic acids is 1. The van der Waals surface area contributed by atoms with Gasteiger partial charge in [0, 0.05) is 19.6 Å². The van der Waals surface area contributed by atoms with Crippen molar-refractivity contribution >= 4 is 17.5 Å². The van der Waals surface area contributed by atoms with Crippen molar-refractivity contribution in [3.05, 3.63) is 28.8 Å². The molecule has 2 N–H and O–H groups in total. The Morgan fingerprint density at radius 1 is 1.48 bits per heavy atom. The summed E-state index contributed by atoms with van der Waals surface area (Å²) >= 11 is 6.03. The van der Waals surface area contributed by atoms with Gasteiger partial charge in [0.05, 0.1) is 11.6 Å². The summed E-state index contributed by atoms with van der Waals surface area (Å²) in [5, 5.41) is 0.268. The summed E-state index contributed by atoms with van der Waals surface area (Å²) in [5.74, 6) is -0.332. The Balaban J connectivity index is 1.97. The first-order valence-corrected chi connectivity index (χ1v) is 7.23. The second kappa shape index (κ2) is 7.37. The van der Waals surface area contributed by atoms with Crippen LogP contribution in [0.15, 0.2) is 18.2 Å². The number of rotatable bonds is 5. The van der Waals surface area contributed by atoms with Gasteiger partial charge in [0.2, 0.25) is 0 Å². The molecular weight excluding hydrogens is 337 g/mol. The minimum atomic E-state index is -4.37. The highest BCUT2D eigenvalue weighted by Crippen LogP contribution is 2.28. The molecule has 9 heteroatoms. The lowest BCUT2D eigenvalue weighted by atomic mass is 10.1. The molecule has 1 aliphatic rings. The highest BCUT2D eigenvalue weighted by atomic mass is 35.5. The van der Waals surface area contributed by atoms with Gasteiger partial charge in [0.15, 0.2) is 12.7 Å². The van der Waals surface area contributed by atoms with Crippen LogP contribution < -0.4 is 10.5 Å². The maximum Gasteiger partial charge on any atom is 0.415 e. The topological polar surface area (TPSA) is 64.8 Å². The van der Waals surface area contributed by atoms with Crippen molar-refractivity contribution in [1.29, 1.82) is 0 Å². The van der Waals surface area contributed by atoms with Gasteiger partial charge in [0.25, 0.3) is 5.91 Å². The Hall–Kier alpha value is -1.51. The molecule has 1 atom stereocenters. The number of halogens is 4. The van der Waals surface area contributed by atoms with Gasteiger partial charge in [-0.05, 0) is 17.7 Å². The van der Waals surface area contributed by atoms with E-state index in [1.54, 1.807) is 23.1 Å². The number of hydrogen-bond acceptors (Lipinski definition) is 4. The van der Waals surface area contributed by atoms with Crippen LogP contribution in [0.5, 0.6) is 5.75 Å². The number of carbonyl (C=O) groups is 1. The average molecular weight is 353 g/mol. The Labute approximate surface area is 136 Å². The lowest BCUT2D eigenvalue weighted by Gasteiger charge is -2.33. The number of nitrogens with zero attached hydrogens (tertiary/aromatic N) is 1. The van der Waals surface area contributed by atoms with Crippen LogP contribution in [-0.4, -0.2) is 49.4 Å². The molecule has 1 aromatic carbocycles. The Kier molecular flexibility index (Phi) is 5.72. The van der Waals surface area contributed by atoms with Gasteiger partial charge in [0.1, 0.15) is 5.75 Å². The molecule has 128 valence electrons. The summed E-state index contributed by atoms with van der Waals surface area (Å²) in [6.07, 6.45) is -6.15. The average Bonchev–Trinajstić information content (AvgIpc) is 2.45. The van der Waals surface area contributed by atoms with E-state index in [2.05, 4.69) is 0 Å². The van der Waals surface area contributed by atoms with Gasteiger partial charge in [-0.1, -0.05) is 17.7 Å². The number of morpholine rings is 1. The fourth-order valence-electron chi connectivity index (χ4n) is 2.21. The Morgan fingerprint density at radius 3 is 2.83 bits per heavy atom. The maximum absolute atomic E-state index is 12.7. The molecule has 0 radical (unpaired) electrons. The Bertz CT molecular complexity index is 569. The van der Waals surface area contributed by atoms with Gasteiger partial charge < -0.3 is 15.2 Å². The molecule has 0 unspecified atom stereocenters. The van der Waals surface area contributed by atoms with Crippen LogP contribution in [0.25, 0.3) is 0 Å². The molecule has 1 saturated heterocycles. The first-order chi connectivity index (χ1) is 10.8. The second-order valence-electron chi connectivity index (χ2n) is 5.16. The van der Waals surface area contributed by atoms with Crippen LogP contribution in [-0.2, 0) is 16.1 Å². The first-order valence-electron chi connectivity index (χ1n) is 6.86. The summed E-state index contributed by atoms with van der Waals surface area (Å²) in [5.41, 5.74) is 5.71. The third kappa shape index (κ3) is 5.26. The largest absolute Gasteiger partial charge is 0.482 e. The van der Waals surface area contributed by atoms with Gasteiger partial charge in [-0.2, -0.15) is 13.2 Å². The van der Waals surface area contributed by atoms with Crippen molar-refractivity contribution in [2.45, 2.75) is 18.8 Å². The number of hydrogen-bond donors (Lipinski definition) is 1. The number of amides is 1. The van der Waals surface area contributed by atoms with Crippen molar-refractivity contribution in [2.24, 2.45) is 5.73 Å². The number of ether oxygens (including phenoxy) is 2. The minimum Gasteiger partial charge on any atom is -0.482 e. The van der Waals surface area contributed by atoms with Crippen LogP contribution >= 0.6 is 11.6 Å². The molecule has 1 amide bonds. The molecule has 2 rings (SSSR count). The molecule has 1 aromatic rings. The summed E-state index contributed by atoms with van der Waals surface area (Å²) in [7, 11) is 0. The van der Waals surface area contributed by atoms with E-state index in [0.29, 0.717) is 18.8 Å². The third-order valence-electron chi connectivity index (χ3n) is 3.29. The van der Waals surface area contributed by atoms with Crippen molar-refractivity contribution in [3.8, 4) is 5.75 Å². The molecular formula is C14H16ClF3N2O3. The van der Waals surface area contributed by atoms with E-state index in [9.17, 15) is 18.0 Å². The normalized spacial score (nSPS) is 19.6. The minimum absolute atomic E-state index is 0.0255. The van der Waals surface area contributed by atoms with Gasteiger partial charge >= 0.3 is 6.18 Å². The molecule has 1 fully saturated rings. The predicted molar refractivity (Wildman–Crippen MR) is 77.2 cm³/mol. The van der Waals surface area contributed by atoms with E-state index in [4.69, 9.17) is 26.8 Å². The van der Waals surface area contributed by atoms with E-state index in [-0.39, 0.29) is 24.8 Å². The maximum atomic E-state index is 12.7. The number of nitrogens with two attached hydrogens (primary N) is 1. The Morgan fingerprint density at radius 2 is 2.22 bits per heavy atom. The van der Waals surface area contributed by atoms with Gasteiger partial charge in [-0.25, -0.2) is 0 Å². The second-order valence-corrected chi connectivity index (χ2v) is 5.56. The summed E-state index contributed by atoms with van der Waals surface area (Å²) in [4.78, 5) is 12.3. The smallest absolute Gasteiger partial charge is 0.415 e. The molecule has 1 heterocycles. The summed E-state index contributed by atoms with van der Waals surface area (Å²) in [6, 6.07) is 4.83. The van der Waals surface area contributed by atoms with E-state index in [1.165, 1.54) is 0 Å². The quantitative estimate of drug-likeness (QED) is 0.880. The van der Waals surface area contributed by atoms with Crippen molar-refractivity contribution in [1.82, 2.24) is 4.90 Å². The van der Waals surface area contributed by atoms with Crippen molar-refractivity contribution in [3.63, 3.8) is 0 Å². The van der Waals surface area contributed by atoms with Crippen molar-refractivity contribution < 1.29 is 27.4 Å². The van der Waals surface area contributed by atoms with Crippen molar-refractivity contribution in [2.75, 3.05) is 26.3 Å². The predicted octanol–water partition coefficient (Wildman–Crippen LogP) is 1.97. The van der Waals surface area contributed by atoms with Crippen LogP contribution in [0.2, 0.25) is 5.02 Å². The highest BCUT2D eigenvalue weighted by Gasteiger charge is 2.43. The van der Waals surface area contributed by atoms with E-state index < -0.39 is 18.2 Å². The third-order valence-corrected chi connectivity index (χ3v) is 3.58. The zero-order valence-electron chi connectivity index (χ0n) is 12.1. The lowest BCUT2D eigenvalue weighted by Crippen LogP contribution is -2.48. The molecule has 5 nitrogen and oxygen atoms in total. The SMILES string of the molecule is NC(=O)COc1ccc(CN2CCO[C@H](C(F)(F)F)C2)cc1Cl. The molecule has 0 bridgehead atoms. The fourth-order valence-corrected chi connectivity index (χ4v) is 2.47. The lowest BCUT2D eigenvalue weighted by molar-refractivity contribution is -0.237. The fraction of sp³-hybridized carbons (Fsp3) is 0.500. The monoisotopic (exact) mass is 352 g/mol. The molecule has 0 aliphatic carbocycles. The summed E-state index contributed by atoms with van der Waals surface area (Å²) < 4.78 is 47.9. The first kappa shape index (κ1) is 17.8. The van der Waals surface area contributed by atoms with Gasteiger partial charge in [-0.3, -0.25) is 9.69 Å². The van der Waals surface area contributed by atoms with Crippen LogP contribution in [0.1, 0.15) is 5.56 Å². The zero-order chi connectivity index (χ0) is 17.0. The summed E-state index contributed by atoms with van der Waals surface area (Å²) in [6.45, 7) is 0.227. The van der Waals surface area contributed by atoms with E-state index in [1.807, 2.05) is 0 Å². The highest BCUT2D eigenvalue weighted by molar-refractivity contribution is 6.32. The van der Waals surface area contributed by atoms with Gasteiger partial charge in [-0.15, -0.1) is 0 Å². The van der Waals surface area contributed by atoms with E-state index in [0.717, 1.165) is 5.56 Å². The molecule has 1 aliphatic heterocycles. The van der Waals surface area contributed by atoms with Crippen LogP contribution in [0.3, 0.4) is 0 Å². The standard InChI is InChI=1S/C14H16ClF3N2O3/c15-10-5-9(1-2-11(10)23-8-13(19)21)6-20-3-4-22-12(7-20)14(16,17)18/h1-2,5,12H,3-4,6-8H2,(H2,19,21)/t12-/m0/s1. The molecule has 23 heavy (non-hydrogen) atoms. The number of benzene rings is 1. The number of primary amides is 1.